The normalized spacial score (nSPS) is 26.0. The number of phenols is 1. The standard InChI is InChI=1S/C16H21IN2O2/c17-13-4-3-12(9-14(13)20)15(21)19-8-2-6-16(11-19)5-1-7-18-10-16/h3-4,9,18,20H,1-2,5-8,10-11H2. The van der Waals surface area contributed by atoms with E-state index in [1.165, 1.54) is 19.3 Å². The summed E-state index contributed by atoms with van der Waals surface area (Å²) in [6, 6.07) is 5.19. The number of hydrogen-bond donors (Lipinski definition) is 2. The number of carbonyl (C=O) groups is 1. The van der Waals surface area contributed by atoms with Crippen LogP contribution in [0.2, 0.25) is 0 Å². The molecule has 2 aliphatic rings. The van der Waals surface area contributed by atoms with Gasteiger partial charge in [0, 0.05) is 30.6 Å². The fourth-order valence-electron chi connectivity index (χ4n) is 3.59. The van der Waals surface area contributed by atoms with Crippen molar-refractivity contribution in [3.63, 3.8) is 0 Å². The topological polar surface area (TPSA) is 52.6 Å². The van der Waals surface area contributed by atoms with Gasteiger partial charge in [-0.3, -0.25) is 4.79 Å². The molecule has 2 heterocycles. The van der Waals surface area contributed by atoms with Crippen molar-refractivity contribution in [2.24, 2.45) is 5.41 Å². The largest absolute Gasteiger partial charge is 0.507 e. The van der Waals surface area contributed by atoms with E-state index in [1.54, 1.807) is 12.1 Å². The van der Waals surface area contributed by atoms with E-state index in [4.69, 9.17) is 0 Å². The number of phenolic OH excluding ortho intramolecular Hbond substituents is 1. The van der Waals surface area contributed by atoms with E-state index in [0.717, 1.165) is 36.2 Å². The summed E-state index contributed by atoms with van der Waals surface area (Å²) in [7, 11) is 0. The lowest BCUT2D eigenvalue weighted by atomic mass is 9.74. The van der Waals surface area contributed by atoms with Crippen molar-refractivity contribution < 1.29 is 9.90 Å². The molecule has 21 heavy (non-hydrogen) atoms. The molecule has 2 fully saturated rings. The molecule has 1 atom stereocenters. The van der Waals surface area contributed by atoms with Crippen molar-refractivity contribution in [1.82, 2.24) is 10.2 Å². The second kappa shape index (κ2) is 6.12. The van der Waals surface area contributed by atoms with Gasteiger partial charge in [-0.15, -0.1) is 0 Å². The first-order chi connectivity index (χ1) is 10.1. The van der Waals surface area contributed by atoms with Gasteiger partial charge in [-0.25, -0.2) is 0 Å². The number of carbonyl (C=O) groups excluding carboxylic acids is 1. The third kappa shape index (κ3) is 3.18. The van der Waals surface area contributed by atoms with Crippen LogP contribution in [0.15, 0.2) is 18.2 Å². The second-order valence-corrected chi connectivity index (χ2v) is 7.44. The van der Waals surface area contributed by atoms with Crippen molar-refractivity contribution in [1.29, 1.82) is 0 Å². The molecule has 4 nitrogen and oxygen atoms in total. The number of likely N-dealkylation sites (tertiary alicyclic amines) is 1. The number of halogens is 1. The molecular formula is C16H21IN2O2. The van der Waals surface area contributed by atoms with Crippen LogP contribution in [-0.4, -0.2) is 42.1 Å². The molecule has 1 aromatic rings. The summed E-state index contributed by atoms with van der Waals surface area (Å²) in [5.74, 6) is 0.235. The monoisotopic (exact) mass is 400 g/mol. The Morgan fingerprint density at radius 3 is 2.86 bits per heavy atom. The van der Waals surface area contributed by atoms with Gasteiger partial charge in [0.05, 0.1) is 3.57 Å². The van der Waals surface area contributed by atoms with Gasteiger partial charge in [-0.05, 0) is 73.0 Å². The first-order valence-electron chi connectivity index (χ1n) is 7.58. The Balaban J connectivity index is 1.76. The Bertz CT molecular complexity index is 536. The van der Waals surface area contributed by atoms with Crippen LogP contribution in [0, 0.1) is 8.99 Å². The first-order valence-corrected chi connectivity index (χ1v) is 8.66. The summed E-state index contributed by atoms with van der Waals surface area (Å²) in [5, 5.41) is 13.3. The molecule has 0 radical (unpaired) electrons. The van der Waals surface area contributed by atoms with Crippen LogP contribution < -0.4 is 5.32 Å². The smallest absolute Gasteiger partial charge is 0.254 e. The number of nitrogens with one attached hydrogen (secondary N) is 1. The summed E-state index contributed by atoms with van der Waals surface area (Å²) < 4.78 is 0.774. The van der Waals surface area contributed by atoms with E-state index < -0.39 is 0 Å². The highest BCUT2D eigenvalue weighted by atomic mass is 127. The zero-order valence-electron chi connectivity index (χ0n) is 12.1. The first kappa shape index (κ1) is 15.1. The Morgan fingerprint density at radius 1 is 1.33 bits per heavy atom. The Labute approximate surface area is 139 Å². The predicted octanol–water partition coefficient (Wildman–Crippen LogP) is 2.60. The molecule has 5 heteroatoms. The number of nitrogens with zero attached hydrogens (tertiary/aromatic N) is 1. The number of amides is 1. The highest BCUT2D eigenvalue weighted by Gasteiger charge is 2.38. The summed E-state index contributed by atoms with van der Waals surface area (Å²) >= 11 is 2.07. The number of piperidine rings is 2. The van der Waals surface area contributed by atoms with Gasteiger partial charge in [-0.1, -0.05) is 0 Å². The van der Waals surface area contributed by atoms with E-state index in [-0.39, 0.29) is 17.1 Å². The lowest BCUT2D eigenvalue weighted by molar-refractivity contribution is 0.0433. The van der Waals surface area contributed by atoms with Gasteiger partial charge < -0.3 is 15.3 Å². The number of aromatic hydroxyl groups is 1. The van der Waals surface area contributed by atoms with Crippen LogP contribution in [0.3, 0.4) is 0 Å². The number of hydrogen-bond acceptors (Lipinski definition) is 3. The molecule has 1 unspecified atom stereocenters. The molecule has 0 aliphatic carbocycles. The molecule has 114 valence electrons. The third-order valence-corrected chi connectivity index (χ3v) is 5.61. The average molecular weight is 400 g/mol. The maximum absolute atomic E-state index is 12.7. The van der Waals surface area contributed by atoms with E-state index in [0.29, 0.717) is 5.56 Å². The fourth-order valence-corrected chi connectivity index (χ4v) is 3.92. The van der Waals surface area contributed by atoms with Gasteiger partial charge in [0.25, 0.3) is 5.91 Å². The van der Waals surface area contributed by atoms with Gasteiger partial charge in [0.1, 0.15) is 5.75 Å². The number of rotatable bonds is 1. The van der Waals surface area contributed by atoms with E-state index >= 15 is 0 Å². The Hall–Kier alpha value is -0.820. The maximum atomic E-state index is 12.7. The van der Waals surface area contributed by atoms with Gasteiger partial charge in [0.15, 0.2) is 0 Å². The highest BCUT2D eigenvalue weighted by Crippen LogP contribution is 2.36. The van der Waals surface area contributed by atoms with Crippen LogP contribution in [0.4, 0.5) is 0 Å². The molecule has 0 aromatic heterocycles. The van der Waals surface area contributed by atoms with Crippen molar-refractivity contribution in [3.05, 3.63) is 27.3 Å². The van der Waals surface area contributed by atoms with Gasteiger partial charge >= 0.3 is 0 Å². The van der Waals surface area contributed by atoms with Crippen molar-refractivity contribution >= 4 is 28.5 Å². The lowest BCUT2D eigenvalue weighted by Crippen LogP contribution is -2.52. The van der Waals surface area contributed by atoms with Gasteiger partial charge in [0.2, 0.25) is 0 Å². The molecule has 1 amide bonds. The molecule has 2 aliphatic heterocycles. The molecule has 2 N–H and O–H groups in total. The minimum Gasteiger partial charge on any atom is -0.507 e. The van der Waals surface area contributed by atoms with Crippen LogP contribution in [0.1, 0.15) is 36.0 Å². The second-order valence-electron chi connectivity index (χ2n) is 6.28. The summed E-state index contributed by atoms with van der Waals surface area (Å²) in [5.41, 5.74) is 0.853. The molecule has 0 bridgehead atoms. The van der Waals surface area contributed by atoms with Crippen LogP contribution in [-0.2, 0) is 0 Å². The Morgan fingerprint density at radius 2 is 2.14 bits per heavy atom. The molecule has 2 saturated heterocycles. The summed E-state index contributed by atoms with van der Waals surface area (Å²) in [6.07, 6.45) is 4.69. The fraction of sp³-hybridized carbons (Fsp3) is 0.562. The van der Waals surface area contributed by atoms with Crippen molar-refractivity contribution in [2.75, 3.05) is 26.2 Å². The zero-order chi connectivity index (χ0) is 14.9. The predicted molar refractivity (Wildman–Crippen MR) is 90.5 cm³/mol. The average Bonchev–Trinajstić information content (AvgIpc) is 2.50. The molecule has 3 rings (SSSR count). The SMILES string of the molecule is O=C(c1ccc(I)c(O)c1)N1CCCC2(CCCNC2)C1. The molecule has 1 spiro atoms. The lowest BCUT2D eigenvalue weighted by Gasteiger charge is -2.45. The van der Waals surface area contributed by atoms with Gasteiger partial charge in [-0.2, -0.15) is 0 Å². The number of benzene rings is 1. The summed E-state index contributed by atoms with van der Waals surface area (Å²) in [6.45, 7) is 3.79. The van der Waals surface area contributed by atoms with Crippen molar-refractivity contribution in [2.45, 2.75) is 25.7 Å². The molecular weight excluding hydrogens is 379 g/mol. The molecule has 0 saturated carbocycles. The van der Waals surface area contributed by atoms with Crippen molar-refractivity contribution in [3.8, 4) is 5.75 Å². The minimum absolute atomic E-state index is 0.0475. The quantitative estimate of drug-likeness (QED) is 0.713. The Kier molecular flexibility index (Phi) is 4.40. The van der Waals surface area contributed by atoms with E-state index in [9.17, 15) is 9.90 Å². The van der Waals surface area contributed by atoms with Crippen LogP contribution in [0.25, 0.3) is 0 Å². The molecule has 1 aromatic carbocycles. The highest BCUT2D eigenvalue weighted by molar-refractivity contribution is 14.1. The third-order valence-electron chi connectivity index (χ3n) is 4.70. The zero-order valence-corrected chi connectivity index (χ0v) is 14.2. The van der Waals surface area contributed by atoms with E-state index in [1.807, 2.05) is 11.0 Å². The van der Waals surface area contributed by atoms with E-state index in [2.05, 4.69) is 27.9 Å². The van der Waals surface area contributed by atoms with Crippen LogP contribution >= 0.6 is 22.6 Å². The van der Waals surface area contributed by atoms with Crippen LogP contribution in [0.5, 0.6) is 5.75 Å². The maximum Gasteiger partial charge on any atom is 0.254 e. The summed E-state index contributed by atoms with van der Waals surface area (Å²) in [4.78, 5) is 14.7. The minimum atomic E-state index is 0.0475.